The summed E-state index contributed by atoms with van der Waals surface area (Å²) in [5.74, 6) is 0. The summed E-state index contributed by atoms with van der Waals surface area (Å²) in [5, 5.41) is 6.46. The summed E-state index contributed by atoms with van der Waals surface area (Å²) < 4.78 is 37.6. The molecule has 1 aromatic carbocycles. The van der Waals surface area contributed by atoms with Crippen molar-refractivity contribution in [2.75, 3.05) is 17.2 Å². The van der Waals surface area contributed by atoms with Gasteiger partial charge in [-0.15, -0.1) is 0 Å². The highest BCUT2D eigenvalue weighted by atomic mass is 19.4. The highest BCUT2D eigenvalue weighted by Crippen LogP contribution is 2.42. The lowest BCUT2D eigenvalue weighted by molar-refractivity contribution is -0.137. The zero-order valence-electron chi connectivity index (χ0n) is 9.19. The Kier molecular flexibility index (Phi) is 2.09. The standard InChI is InChI=1S/C12H13F3N2/c13-12(14,15)8-2-3-9-10(6-8)16-7-11(17-9)4-1-5-11/h2-3,6,16-17H,1,4-5,7H2. The van der Waals surface area contributed by atoms with Crippen molar-refractivity contribution in [3.05, 3.63) is 23.8 Å². The first kappa shape index (κ1) is 10.7. The number of rotatable bonds is 0. The van der Waals surface area contributed by atoms with Gasteiger partial charge in [0.2, 0.25) is 0 Å². The molecule has 1 fully saturated rings. The molecule has 0 amide bonds. The lowest BCUT2D eigenvalue weighted by Gasteiger charge is -2.47. The molecule has 0 radical (unpaired) electrons. The second-order valence-corrected chi connectivity index (χ2v) is 4.87. The fourth-order valence-electron chi connectivity index (χ4n) is 2.48. The van der Waals surface area contributed by atoms with E-state index in [-0.39, 0.29) is 5.54 Å². The maximum Gasteiger partial charge on any atom is 0.416 e. The molecule has 17 heavy (non-hydrogen) atoms. The average Bonchev–Trinajstić information content (AvgIpc) is 2.24. The summed E-state index contributed by atoms with van der Waals surface area (Å²) in [6, 6.07) is 3.82. The maximum absolute atomic E-state index is 12.5. The summed E-state index contributed by atoms with van der Waals surface area (Å²) >= 11 is 0. The molecule has 5 heteroatoms. The molecule has 1 aliphatic carbocycles. The molecule has 2 aliphatic rings. The minimum absolute atomic E-state index is 0.0761. The first-order valence-corrected chi connectivity index (χ1v) is 5.72. The molecule has 1 spiro atoms. The molecule has 1 heterocycles. The minimum Gasteiger partial charge on any atom is -0.381 e. The Balaban J connectivity index is 1.91. The Morgan fingerprint density at radius 2 is 1.88 bits per heavy atom. The Morgan fingerprint density at radius 1 is 1.12 bits per heavy atom. The van der Waals surface area contributed by atoms with Crippen LogP contribution in [0.2, 0.25) is 0 Å². The monoisotopic (exact) mass is 242 g/mol. The number of nitrogens with one attached hydrogen (secondary N) is 2. The Morgan fingerprint density at radius 3 is 2.47 bits per heavy atom. The summed E-state index contributed by atoms with van der Waals surface area (Å²) in [4.78, 5) is 0. The van der Waals surface area contributed by atoms with Crippen LogP contribution < -0.4 is 10.6 Å². The first-order chi connectivity index (χ1) is 7.99. The Bertz CT molecular complexity index is 450. The fraction of sp³-hybridized carbons (Fsp3) is 0.500. The van der Waals surface area contributed by atoms with Gasteiger partial charge in [0.15, 0.2) is 0 Å². The highest BCUT2D eigenvalue weighted by molar-refractivity contribution is 5.73. The van der Waals surface area contributed by atoms with Crippen molar-refractivity contribution in [3.8, 4) is 0 Å². The highest BCUT2D eigenvalue weighted by Gasteiger charge is 2.40. The van der Waals surface area contributed by atoms with E-state index in [9.17, 15) is 13.2 Å². The van der Waals surface area contributed by atoms with Gasteiger partial charge < -0.3 is 10.6 Å². The fourth-order valence-corrected chi connectivity index (χ4v) is 2.48. The smallest absolute Gasteiger partial charge is 0.381 e. The van der Waals surface area contributed by atoms with Crippen LogP contribution in [0.3, 0.4) is 0 Å². The molecular weight excluding hydrogens is 229 g/mol. The SMILES string of the molecule is FC(F)(F)c1ccc2c(c1)NCC1(CCC1)N2. The number of benzene rings is 1. The van der Waals surface area contributed by atoms with E-state index < -0.39 is 11.7 Å². The van der Waals surface area contributed by atoms with E-state index in [1.807, 2.05) is 0 Å². The van der Waals surface area contributed by atoms with Crippen molar-refractivity contribution < 1.29 is 13.2 Å². The normalized spacial score (nSPS) is 21.1. The van der Waals surface area contributed by atoms with Crippen LogP contribution in [-0.4, -0.2) is 12.1 Å². The number of hydrogen-bond acceptors (Lipinski definition) is 2. The van der Waals surface area contributed by atoms with Crippen LogP contribution in [0.15, 0.2) is 18.2 Å². The van der Waals surface area contributed by atoms with Crippen molar-refractivity contribution >= 4 is 11.4 Å². The van der Waals surface area contributed by atoms with Crippen LogP contribution in [0.4, 0.5) is 24.5 Å². The summed E-state index contributed by atoms with van der Waals surface area (Å²) in [7, 11) is 0. The van der Waals surface area contributed by atoms with Crippen LogP contribution >= 0.6 is 0 Å². The zero-order valence-corrected chi connectivity index (χ0v) is 9.19. The molecule has 2 nitrogen and oxygen atoms in total. The Labute approximate surface area is 97.2 Å². The number of hydrogen-bond donors (Lipinski definition) is 2. The van der Waals surface area contributed by atoms with Gasteiger partial charge >= 0.3 is 6.18 Å². The van der Waals surface area contributed by atoms with Crippen molar-refractivity contribution in [3.63, 3.8) is 0 Å². The van der Waals surface area contributed by atoms with Gasteiger partial charge in [-0.25, -0.2) is 0 Å². The van der Waals surface area contributed by atoms with Crippen LogP contribution in [0.1, 0.15) is 24.8 Å². The predicted octanol–water partition coefficient (Wildman–Crippen LogP) is 3.47. The van der Waals surface area contributed by atoms with Crippen molar-refractivity contribution in [2.45, 2.75) is 31.0 Å². The molecule has 0 saturated heterocycles. The van der Waals surface area contributed by atoms with E-state index in [2.05, 4.69) is 10.6 Å². The molecule has 1 aromatic rings. The van der Waals surface area contributed by atoms with Gasteiger partial charge in [0.25, 0.3) is 0 Å². The Hall–Kier alpha value is -1.39. The van der Waals surface area contributed by atoms with Crippen molar-refractivity contribution in [1.29, 1.82) is 0 Å². The average molecular weight is 242 g/mol. The number of halogens is 3. The van der Waals surface area contributed by atoms with E-state index in [0.717, 1.165) is 24.6 Å². The second-order valence-electron chi connectivity index (χ2n) is 4.87. The number of anilines is 2. The van der Waals surface area contributed by atoms with Gasteiger partial charge in [0, 0.05) is 6.54 Å². The predicted molar refractivity (Wildman–Crippen MR) is 60.1 cm³/mol. The van der Waals surface area contributed by atoms with Gasteiger partial charge in [-0.2, -0.15) is 13.2 Å². The lowest BCUT2D eigenvalue weighted by Crippen LogP contribution is -2.52. The number of fused-ring (bicyclic) bond motifs is 1. The molecule has 92 valence electrons. The van der Waals surface area contributed by atoms with Gasteiger partial charge in [-0.3, -0.25) is 0 Å². The molecule has 2 N–H and O–H groups in total. The third kappa shape index (κ3) is 1.73. The van der Waals surface area contributed by atoms with E-state index in [1.54, 1.807) is 0 Å². The minimum atomic E-state index is -4.28. The van der Waals surface area contributed by atoms with Crippen molar-refractivity contribution in [2.24, 2.45) is 0 Å². The van der Waals surface area contributed by atoms with Crippen LogP contribution in [-0.2, 0) is 6.18 Å². The lowest BCUT2D eigenvalue weighted by atomic mass is 9.75. The topological polar surface area (TPSA) is 24.1 Å². The first-order valence-electron chi connectivity index (χ1n) is 5.72. The zero-order chi connectivity index (χ0) is 12.1. The molecule has 0 unspecified atom stereocenters. The molecule has 3 rings (SSSR count). The van der Waals surface area contributed by atoms with Crippen molar-refractivity contribution in [1.82, 2.24) is 0 Å². The van der Waals surface area contributed by atoms with Gasteiger partial charge in [-0.05, 0) is 37.5 Å². The van der Waals surface area contributed by atoms with Crippen LogP contribution in [0, 0.1) is 0 Å². The molecule has 0 aromatic heterocycles. The van der Waals surface area contributed by atoms with E-state index >= 15 is 0 Å². The van der Waals surface area contributed by atoms with Gasteiger partial charge in [0.1, 0.15) is 0 Å². The van der Waals surface area contributed by atoms with Crippen LogP contribution in [0.25, 0.3) is 0 Å². The van der Waals surface area contributed by atoms with E-state index in [0.29, 0.717) is 12.2 Å². The molecule has 0 bridgehead atoms. The van der Waals surface area contributed by atoms with Gasteiger partial charge in [0.05, 0.1) is 22.5 Å². The molecule has 0 atom stereocenters. The third-order valence-electron chi connectivity index (χ3n) is 3.67. The largest absolute Gasteiger partial charge is 0.416 e. The van der Waals surface area contributed by atoms with E-state index in [1.165, 1.54) is 18.6 Å². The maximum atomic E-state index is 12.5. The quantitative estimate of drug-likeness (QED) is 0.728. The molecule has 1 aliphatic heterocycles. The van der Waals surface area contributed by atoms with E-state index in [4.69, 9.17) is 0 Å². The van der Waals surface area contributed by atoms with Gasteiger partial charge in [-0.1, -0.05) is 0 Å². The summed E-state index contributed by atoms with van der Waals surface area (Å²) in [6.07, 6.45) is -0.923. The third-order valence-corrected chi connectivity index (χ3v) is 3.67. The molecule has 1 saturated carbocycles. The summed E-state index contributed by atoms with van der Waals surface area (Å²) in [5.41, 5.74) is 0.809. The second kappa shape index (κ2) is 3.31. The summed E-state index contributed by atoms with van der Waals surface area (Å²) in [6.45, 7) is 0.710. The van der Waals surface area contributed by atoms with Crippen LogP contribution in [0.5, 0.6) is 0 Å². The number of alkyl halides is 3. The molecular formula is C12H13F3N2.